The second-order valence-electron chi connectivity index (χ2n) is 11.8. The van der Waals surface area contributed by atoms with Gasteiger partial charge in [-0.2, -0.15) is 5.10 Å². The maximum atomic E-state index is 14.0. The van der Waals surface area contributed by atoms with E-state index in [4.69, 9.17) is 16.6 Å². The smallest absolute Gasteiger partial charge is 0.150 e. The summed E-state index contributed by atoms with van der Waals surface area (Å²) in [5.74, 6) is 1.90. The van der Waals surface area contributed by atoms with Crippen LogP contribution < -0.4 is 15.6 Å². The first-order chi connectivity index (χ1) is 21.6. The van der Waals surface area contributed by atoms with Crippen molar-refractivity contribution in [3.63, 3.8) is 0 Å². The molecule has 1 saturated carbocycles. The molecule has 44 heavy (non-hydrogen) atoms. The fourth-order valence-electron chi connectivity index (χ4n) is 6.17. The van der Waals surface area contributed by atoms with E-state index in [0.29, 0.717) is 41.3 Å². The predicted octanol–water partition coefficient (Wildman–Crippen LogP) is 5.53. The fourth-order valence-corrected chi connectivity index (χ4v) is 6.39. The first-order valence-corrected chi connectivity index (χ1v) is 16.0. The van der Waals surface area contributed by atoms with Crippen molar-refractivity contribution in [2.45, 2.75) is 56.9 Å². The van der Waals surface area contributed by atoms with Crippen molar-refractivity contribution in [1.29, 1.82) is 0 Å². The Morgan fingerprint density at radius 2 is 1.98 bits per heavy atom. The maximum absolute atomic E-state index is 14.0. The van der Waals surface area contributed by atoms with Gasteiger partial charge in [0.15, 0.2) is 5.17 Å². The molecule has 0 aromatic carbocycles. The molecule has 1 saturated heterocycles. The van der Waals surface area contributed by atoms with E-state index in [1.54, 1.807) is 29.5 Å². The van der Waals surface area contributed by atoms with Crippen LogP contribution in [0.5, 0.6) is 0 Å². The largest absolute Gasteiger partial charge is 0.359 e. The lowest BCUT2D eigenvalue weighted by atomic mass is 9.94. The van der Waals surface area contributed by atoms with Gasteiger partial charge in [-0.25, -0.2) is 19.4 Å². The lowest BCUT2D eigenvalue weighted by Gasteiger charge is -2.35. The summed E-state index contributed by atoms with van der Waals surface area (Å²) in [7, 11) is 0. The van der Waals surface area contributed by atoms with Gasteiger partial charge in [-0.3, -0.25) is 14.9 Å². The van der Waals surface area contributed by atoms with Crippen molar-refractivity contribution in [3.05, 3.63) is 89.0 Å². The van der Waals surface area contributed by atoms with Crippen molar-refractivity contribution in [2.75, 3.05) is 43.0 Å². The van der Waals surface area contributed by atoms with Crippen molar-refractivity contribution >= 4 is 34.1 Å². The summed E-state index contributed by atoms with van der Waals surface area (Å²) in [6.45, 7) is 6.09. The number of hydrogen-bond acceptors (Lipinski definition) is 9. The van der Waals surface area contributed by atoms with E-state index < -0.39 is 6.17 Å². The van der Waals surface area contributed by atoms with Crippen LogP contribution in [0.2, 0.25) is 0 Å². The zero-order valence-corrected chi connectivity index (χ0v) is 25.6. The highest BCUT2D eigenvalue weighted by Gasteiger charge is 2.34. The molecular formula is C33H37ClFN9. The van der Waals surface area contributed by atoms with Gasteiger partial charge in [-0.15, -0.1) is 0 Å². The van der Waals surface area contributed by atoms with Gasteiger partial charge in [-0.05, 0) is 67.0 Å². The molecule has 228 valence electrons. The highest BCUT2D eigenvalue weighted by Crippen LogP contribution is 2.45. The molecule has 1 aliphatic carbocycles. The van der Waals surface area contributed by atoms with E-state index in [2.05, 4.69) is 53.9 Å². The van der Waals surface area contributed by atoms with Crippen LogP contribution in [0.15, 0.2) is 71.3 Å². The van der Waals surface area contributed by atoms with Crippen LogP contribution in [0.25, 0.3) is 0 Å². The number of rotatable bonds is 8. The van der Waals surface area contributed by atoms with E-state index in [1.807, 2.05) is 25.3 Å². The molecule has 3 unspecified atom stereocenters. The van der Waals surface area contributed by atoms with Gasteiger partial charge in [0, 0.05) is 67.7 Å². The number of nitrogens with zero attached hydrogens (tertiary/aromatic N) is 7. The van der Waals surface area contributed by atoms with E-state index in [0.717, 1.165) is 43.9 Å². The Morgan fingerprint density at radius 1 is 1.11 bits per heavy atom. The molecule has 3 atom stereocenters. The SMILES string of the molecule is CCC(F)c1ccc(N2CC(Nc3cc(C4=NC(N5CCNCC5)c5c(cncc5C5CC5)CC=C4)ccn3)C(Cl)=N2)nc1. The van der Waals surface area contributed by atoms with E-state index in [9.17, 15) is 4.39 Å². The fraction of sp³-hybridized carbons (Fsp3) is 0.424. The molecule has 7 rings (SSSR count). The Morgan fingerprint density at radius 3 is 2.75 bits per heavy atom. The minimum absolute atomic E-state index is 0.0657. The molecule has 2 fully saturated rings. The van der Waals surface area contributed by atoms with Crippen molar-refractivity contribution in [3.8, 4) is 0 Å². The van der Waals surface area contributed by atoms with Crippen LogP contribution in [0.4, 0.5) is 16.0 Å². The molecular weight excluding hydrogens is 577 g/mol. The topological polar surface area (TPSA) is 93.9 Å². The number of aromatic nitrogens is 3. The normalized spacial score (nSPS) is 22.9. The molecule has 11 heteroatoms. The molecule has 9 nitrogen and oxygen atoms in total. The van der Waals surface area contributed by atoms with Gasteiger partial charge in [0.1, 0.15) is 30.0 Å². The molecule has 3 aromatic rings. The van der Waals surface area contributed by atoms with E-state index in [1.165, 1.54) is 29.5 Å². The number of anilines is 2. The van der Waals surface area contributed by atoms with Gasteiger partial charge in [-0.1, -0.05) is 30.7 Å². The first kappa shape index (κ1) is 29.0. The van der Waals surface area contributed by atoms with Crippen LogP contribution in [-0.2, 0) is 6.42 Å². The van der Waals surface area contributed by atoms with Gasteiger partial charge < -0.3 is 10.6 Å². The minimum atomic E-state index is -1.02. The quantitative estimate of drug-likeness (QED) is 0.345. The van der Waals surface area contributed by atoms with Crippen LogP contribution >= 0.6 is 11.6 Å². The Kier molecular flexibility index (Phi) is 8.38. The zero-order chi connectivity index (χ0) is 30.0. The number of aliphatic imine (C=N–C) groups is 1. The third kappa shape index (κ3) is 6.11. The standard InChI is InChI=1S/C33H37ClFN9/c1-2-26(35)23-8-9-30(39-18-23)44-20-28(32(34)42-44)40-29-16-22(10-11-38-29)27-5-3-4-24-17-37-19-25(21-6-7-21)31(24)33(41-27)43-14-12-36-13-15-43/h3,5,8-11,16-19,21,26,28,33,36H,2,4,6-7,12-15,20H2,1H3,(H,38,40). The van der Waals surface area contributed by atoms with Crippen LogP contribution in [-0.4, -0.2) is 69.5 Å². The number of pyridine rings is 3. The molecule has 0 bridgehead atoms. The Hall–Kier alpha value is -3.73. The van der Waals surface area contributed by atoms with Crippen molar-refractivity contribution in [2.24, 2.45) is 10.1 Å². The summed E-state index contributed by atoms with van der Waals surface area (Å²) in [5.41, 5.74) is 6.45. The highest BCUT2D eigenvalue weighted by molar-refractivity contribution is 6.67. The Bertz CT molecular complexity index is 1580. The number of hydrazone groups is 1. The van der Waals surface area contributed by atoms with Crippen LogP contribution in [0.1, 0.15) is 72.3 Å². The average Bonchev–Trinajstić information content (AvgIpc) is 3.84. The number of piperazine rings is 1. The van der Waals surface area contributed by atoms with E-state index in [-0.39, 0.29) is 12.2 Å². The molecule has 0 amide bonds. The molecule has 6 heterocycles. The van der Waals surface area contributed by atoms with Crippen molar-refractivity contribution < 1.29 is 4.39 Å². The summed E-state index contributed by atoms with van der Waals surface area (Å²) in [6, 6.07) is 7.31. The van der Waals surface area contributed by atoms with Crippen LogP contribution in [0, 0.1) is 0 Å². The number of halogens is 2. The van der Waals surface area contributed by atoms with Crippen molar-refractivity contribution in [1.82, 2.24) is 25.2 Å². The number of fused-ring (bicyclic) bond motifs is 1. The van der Waals surface area contributed by atoms with Gasteiger partial charge in [0.25, 0.3) is 0 Å². The third-order valence-electron chi connectivity index (χ3n) is 8.74. The van der Waals surface area contributed by atoms with E-state index >= 15 is 0 Å². The Balaban J connectivity index is 1.14. The monoisotopic (exact) mass is 613 g/mol. The Labute approximate surface area is 262 Å². The average molecular weight is 614 g/mol. The predicted molar refractivity (Wildman–Crippen MR) is 173 cm³/mol. The summed E-state index contributed by atoms with van der Waals surface area (Å²) >= 11 is 6.58. The summed E-state index contributed by atoms with van der Waals surface area (Å²) in [6.07, 6.45) is 14.4. The highest BCUT2D eigenvalue weighted by atomic mass is 35.5. The summed E-state index contributed by atoms with van der Waals surface area (Å²) in [4.78, 5) is 21.6. The lowest BCUT2D eigenvalue weighted by molar-refractivity contribution is 0.177. The second-order valence-corrected chi connectivity index (χ2v) is 12.2. The maximum Gasteiger partial charge on any atom is 0.150 e. The molecule has 4 aliphatic rings. The van der Waals surface area contributed by atoms with Gasteiger partial charge in [0.05, 0.1) is 12.3 Å². The summed E-state index contributed by atoms with van der Waals surface area (Å²) < 4.78 is 14.0. The number of allylic oxidation sites excluding steroid dienone is 2. The number of alkyl halides is 1. The van der Waals surface area contributed by atoms with Gasteiger partial charge >= 0.3 is 0 Å². The second kappa shape index (κ2) is 12.7. The third-order valence-corrected chi connectivity index (χ3v) is 9.08. The number of nitrogens with one attached hydrogen (secondary N) is 2. The molecule has 0 spiro atoms. The minimum Gasteiger partial charge on any atom is -0.359 e. The lowest BCUT2D eigenvalue weighted by Crippen LogP contribution is -2.45. The van der Waals surface area contributed by atoms with Gasteiger partial charge in [0.2, 0.25) is 0 Å². The molecule has 2 N–H and O–H groups in total. The molecule has 3 aromatic heterocycles. The molecule has 0 radical (unpaired) electrons. The first-order valence-electron chi connectivity index (χ1n) is 15.6. The molecule has 3 aliphatic heterocycles. The zero-order valence-electron chi connectivity index (χ0n) is 24.8. The van der Waals surface area contributed by atoms with Crippen LogP contribution in [0.3, 0.4) is 0 Å². The summed E-state index contributed by atoms with van der Waals surface area (Å²) in [5, 5.41) is 13.6. The number of hydrogen-bond donors (Lipinski definition) is 2.